The van der Waals surface area contributed by atoms with Crippen molar-refractivity contribution in [1.29, 1.82) is 0 Å². The lowest BCUT2D eigenvalue weighted by Crippen LogP contribution is -2.25. The first-order valence-corrected chi connectivity index (χ1v) is 7.83. The summed E-state index contributed by atoms with van der Waals surface area (Å²) < 4.78 is 5.37. The Balaban J connectivity index is 1.60. The summed E-state index contributed by atoms with van der Waals surface area (Å²) in [5, 5.41) is 12.3. The molecule has 2 aromatic carbocycles. The fourth-order valence-corrected chi connectivity index (χ4v) is 3.00. The van der Waals surface area contributed by atoms with Crippen LogP contribution in [0.25, 0.3) is 0 Å². The number of carbonyl (C=O) groups excluding carboxylic acids is 1. The van der Waals surface area contributed by atoms with Gasteiger partial charge >= 0.3 is 0 Å². The molecule has 4 nitrogen and oxygen atoms in total. The van der Waals surface area contributed by atoms with Gasteiger partial charge in [0.15, 0.2) is 0 Å². The molecule has 0 saturated heterocycles. The summed E-state index contributed by atoms with van der Waals surface area (Å²) in [4.78, 5) is 12.3. The molecule has 4 heteroatoms. The smallest absolute Gasteiger partial charge is 0.224 e. The summed E-state index contributed by atoms with van der Waals surface area (Å²) in [5.74, 6) is 1.15. The number of methoxy groups -OCH3 is 1. The van der Waals surface area contributed by atoms with Gasteiger partial charge in [0, 0.05) is 12.5 Å². The normalized spacial score (nSPS) is 19.2. The molecule has 0 heterocycles. The van der Waals surface area contributed by atoms with Gasteiger partial charge in [-0.15, -0.1) is 0 Å². The summed E-state index contributed by atoms with van der Waals surface area (Å²) in [6.07, 6.45) is 0.855. The zero-order valence-corrected chi connectivity index (χ0v) is 13.2. The maximum Gasteiger partial charge on any atom is 0.224 e. The molecule has 2 atom stereocenters. The van der Waals surface area contributed by atoms with Crippen LogP contribution >= 0.6 is 0 Å². The highest BCUT2D eigenvalue weighted by Crippen LogP contribution is 2.50. The molecular weight excluding hydrogens is 290 g/mol. The van der Waals surface area contributed by atoms with Gasteiger partial charge in [0.05, 0.1) is 13.7 Å². The van der Waals surface area contributed by atoms with E-state index in [2.05, 4.69) is 5.32 Å². The Hall–Kier alpha value is -2.33. The van der Waals surface area contributed by atoms with E-state index in [9.17, 15) is 9.90 Å². The van der Waals surface area contributed by atoms with Crippen LogP contribution in [0.4, 0.5) is 0 Å². The first-order chi connectivity index (χ1) is 11.2. The molecule has 0 aromatic heterocycles. The molecule has 0 bridgehead atoms. The molecule has 0 radical (unpaired) electrons. The highest BCUT2D eigenvalue weighted by atomic mass is 16.5. The van der Waals surface area contributed by atoms with Crippen molar-refractivity contribution in [2.75, 3.05) is 7.11 Å². The Morgan fingerprint density at radius 1 is 1.17 bits per heavy atom. The van der Waals surface area contributed by atoms with Gasteiger partial charge in [-0.3, -0.25) is 4.79 Å². The van der Waals surface area contributed by atoms with Crippen molar-refractivity contribution < 1.29 is 14.6 Å². The Bertz CT molecular complexity index is 699. The number of carbonyl (C=O) groups is 1. The largest absolute Gasteiger partial charge is 0.496 e. The SMILES string of the molecule is COc1ccccc1C1CC1C(=O)NCc1ccccc1CO. The quantitative estimate of drug-likeness (QED) is 0.862. The van der Waals surface area contributed by atoms with Gasteiger partial charge in [0.2, 0.25) is 5.91 Å². The molecule has 2 unspecified atom stereocenters. The van der Waals surface area contributed by atoms with E-state index < -0.39 is 0 Å². The summed E-state index contributed by atoms with van der Waals surface area (Å²) in [7, 11) is 1.65. The summed E-state index contributed by atoms with van der Waals surface area (Å²) >= 11 is 0. The Morgan fingerprint density at radius 3 is 2.61 bits per heavy atom. The van der Waals surface area contributed by atoms with E-state index in [-0.39, 0.29) is 24.3 Å². The Morgan fingerprint density at radius 2 is 1.87 bits per heavy atom. The second kappa shape index (κ2) is 6.84. The number of para-hydroxylation sites is 1. The molecule has 1 aliphatic rings. The van der Waals surface area contributed by atoms with Crippen LogP contribution in [-0.4, -0.2) is 18.1 Å². The van der Waals surface area contributed by atoms with Crippen LogP contribution < -0.4 is 10.1 Å². The molecule has 3 rings (SSSR count). The number of aliphatic hydroxyl groups excluding tert-OH is 1. The minimum Gasteiger partial charge on any atom is -0.496 e. The van der Waals surface area contributed by atoms with Crippen molar-refractivity contribution in [2.45, 2.75) is 25.5 Å². The number of hydrogen-bond donors (Lipinski definition) is 2. The van der Waals surface area contributed by atoms with Crippen LogP contribution in [0.3, 0.4) is 0 Å². The van der Waals surface area contributed by atoms with Crippen molar-refractivity contribution in [3.8, 4) is 5.75 Å². The Kier molecular flexibility index (Phi) is 4.63. The lowest BCUT2D eigenvalue weighted by molar-refractivity contribution is -0.122. The fraction of sp³-hybridized carbons (Fsp3) is 0.316. The highest BCUT2D eigenvalue weighted by Gasteiger charge is 2.45. The molecular formula is C19H21NO3. The zero-order valence-electron chi connectivity index (χ0n) is 13.2. The predicted octanol–water partition coefficient (Wildman–Crippen LogP) is 2.61. The minimum atomic E-state index is -0.0146. The number of aliphatic hydroxyl groups is 1. The average Bonchev–Trinajstić information content (AvgIpc) is 3.40. The molecule has 1 aliphatic carbocycles. The third-order valence-electron chi connectivity index (χ3n) is 4.41. The number of rotatable bonds is 6. The van der Waals surface area contributed by atoms with Gasteiger partial charge in [0.25, 0.3) is 0 Å². The summed E-state index contributed by atoms with van der Waals surface area (Å²) in [6.45, 7) is 0.435. The van der Waals surface area contributed by atoms with Crippen molar-refractivity contribution in [3.05, 3.63) is 65.2 Å². The van der Waals surface area contributed by atoms with Crippen molar-refractivity contribution in [2.24, 2.45) is 5.92 Å². The van der Waals surface area contributed by atoms with Crippen molar-refractivity contribution >= 4 is 5.91 Å². The molecule has 0 spiro atoms. The topological polar surface area (TPSA) is 58.6 Å². The highest BCUT2D eigenvalue weighted by molar-refractivity contribution is 5.83. The van der Waals surface area contributed by atoms with E-state index in [1.54, 1.807) is 7.11 Å². The predicted molar refractivity (Wildman–Crippen MR) is 88.1 cm³/mol. The molecule has 2 N–H and O–H groups in total. The molecule has 0 aliphatic heterocycles. The minimum absolute atomic E-state index is 0.00703. The second-order valence-electron chi connectivity index (χ2n) is 5.84. The molecule has 120 valence electrons. The van der Waals surface area contributed by atoms with Gasteiger partial charge in [-0.25, -0.2) is 0 Å². The van der Waals surface area contributed by atoms with Gasteiger partial charge in [-0.1, -0.05) is 42.5 Å². The van der Waals surface area contributed by atoms with E-state index in [1.165, 1.54) is 0 Å². The number of benzene rings is 2. The standard InChI is InChI=1S/C19H21NO3/c1-23-18-9-5-4-8-15(18)16-10-17(16)19(22)20-11-13-6-2-3-7-14(13)12-21/h2-9,16-17,21H,10-12H2,1H3,(H,20,22). The first kappa shape index (κ1) is 15.6. The fourth-order valence-electron chi connectivity index (χ4n) is 3.00. The number of ether oxygens (including phenoxy) is 1. The Labute approximate surface area is 136 Å². The maximum absolute atomic E-state index is 12.3. The average molecular weight is 311 g/mol. The van der Waals surface area contributed by atoms with Crippen LogP contribution in [0.5, 0.6) is 5.75 Å². The van der Waals surface area contributed by atoms with Crippen molar-refractivity contribution in [3.63, 3.8) is 0 Å². The van der Waals surface area contributed by atoms with E-state index in [4.69, 9.17) is 4.74 Å². The third-order valence-corrected chi connectivity index (χ3v) is 4.41. The molecule has 23 heavy (non-hydrogen) atoms. The van der Waals surface area contributed by atoms with Gasteiger partial charge in [-0.05, 0) is 35.1 Å². The van der Waals surface area contributed by atoms with Crippen LogP contribution in [0.1, 0.15) is 29.0 Å². The van der Waals surface area contributed by atoms with Crippen LogP contribution in [0.15, 0.2) is 48.5 Å². The van der Waals surface area contributed by atoms with Crippen LogP contribution in [0.2, 0.25) is 0 Å². The third kappa shape index (κ3) is 3.37. The molecule has 1 saturated carbocycles. The lowest BCUT2D eigenvalue weighted by atomic mass is 10.1. The maximum atomic E-state index is 12.3. The summed E-state index contributed by atoms with van der Waals surface area (Å²) in [6, 6.07) is 15.5. The van der Waals surface area contributed by atoms with Crippen molar-refractivity contribution in [1.82, 2.24) is 5.32 Å². The second-order valence-corrected chi connectivity index (χ2v) is 5.84. The number of amides is 1. The molecule has 1 amide bonds. The van der Waals surface area contributed by atoms with E-state index in [1.807, 2.05) is 48.5 Å². The van der Waals surface area contributed by atoms with E-state index >= 15 is 0 Å². The van der Waals surface area contributed by atoms with Gasteiger partial charge < -0.3 is 15.2 Å². The number of nitrogens with one attached hydrogen (secondary N) is 1. The number of hydrogen-bond acceptors (Lipinski definition) is 3. The zero-order chi connectivity index (χ0) is 16.2. The van der Waals surface area contributed by atoms with Gasteiger partial charge in [-0.2, -0.15) is 0 Å². The first-order valence-electron chi connectivity index (χ1n) is 7.83. The van der Waals surface area contributed by atoms with Crippen LogP contribution in [0, 0.1) is 5.92 Å². The van der Waals surface area contributed by atoms with Crippen LogP contribution in [-0.2, 0) is 17.9 Å². The van der Waals surface area contributed by atoms with E-state index in [0.29, 0.717) is 6.54 Å². The summed E-state index contributed by atoms with van der Waals surface area (Å²) in [5.41, 5.74) is 2.91. The lowest BCUT2D eigenvalue weighted by Gasteiger charge is -2.10. The monoisotopic (exact) mass is 311 g/mol. The molecule has 2 aromatic rings. The van der Waals surface area contributed by atoms with Gasteiger partial charge in [0.1, 0.15) is 5.75 Å². The van der Waals surface area contributed by atoms with E-state index in [0.717, 1.165) is 28.9 Å². The molecule has 1 fully saturated rings.